The molecule has 0 aliphatic rings. The molecule has 56 valence electrons. The molecule has 0 aliphatic carbocycles. The van der Waals surface area contributed by atoms with Gasteiger partial charge in [-0.05, 0) is 0 Å². The van der Waals surface area contributed by atoms with Crippen LogP contribution in [0.3, 0.4) is 0 Å². The van der Waals surface area contributed by atoms with Crippen molar-refractivity contribution in [1.82, 2.24) is 10.4 Å². The first-order chi connectivity index (χ1) is 4.66. The Morgan fingerprint density at radius 2 is 2.30 bits per heavy atom. The third kappa shape index (κ3) is 4.99. The van der Waals surface area contributed by atoms with Crippen molar-refractivity contribution in [1.29, 1.82) is 5.41 Å². The van der Waals surface area contributed by atoms with Gasteiger partial charge in [0.05, 0.1) is 0 Å². The molecule has 0 saturated heterocycles. The van der Waals surface area contributed by atoms with Gasteiger partial charge < -0.3 is 10.4 Å². The van der Waals surface area contributed by atoms with Crippen molar-refractivity contribution in [2.45, 2.75) is 0 Å². The van der Waals surface area contributed by atoms with E-state index < -0.39 is 14.6 Å². The number of guanidine groups is 1. The molecule has 4 N–H and O–H groups in total. The third-order valence-corrected chi connectivity index (χ3v) is 0.889. The molecule has 0 radical (unpaired) electrons. The van der Waals surface area contributed by atoms with Gasteiger partial charge in [0.1, 0.15) is 6.54 Å². The Morgan fingerprint density at radius 1 is 1.70 bits per heavy atom. The second-order valence-corrected chi connectivity index (χ2v) is 1.73. The van der Waals surface area contributed by atoms with Gasteiger partial charge >= 0.3 is 5.97 Å². The molecule has 10 heavy (non-hydrogen) atoms. The average molecular weight is 163 g/mol. The monoisotopic (exact) mass is 163 g/mol. The second-order valence-electron chi connectivity index (χ2n) is 1.33. The lowest BCUT2D eigenvalue weighted by molar-refractivity contribution is -0.135. The third-order valence-electron chi connectivity index (χ3n) is 0.574. The first-order valence-electron chi connectivity index (χ1n) is 2.29. The Kier molecular flexibility index (Phi) is 4.15. The van der Waals surface area contributed by atoms with E-state index in [0.717, 1.165) is 0 Å². The number of aliphatic carboxylic acids is 1. The van der Waals surface area contributed by atoms with Crippen molar-refractivity contribution in [3.63, 3.8) is 0 Å². The van der Waals surface area contributed by atoms with Gasteiger partial charge in [-0.3, -0.25) is 15.3 Å². The summed E-state index contributed by atoms with van der Waals surface area (Å²) in [6.07, 6.45) is 0. The molecular formula is C3H6N3O3P. The van der Waals surface area contributed by atoms with Crippen molar-refractivity contribution in [2.75, 3.05) is 6.54 Å². The van der Waals surface area contributed by atoms with Crippen LogP contribution >= 0.6 is 8.61 Å². The first kappa shape index (κ1) is 8.84. The fourth-order valence-corrected chi connectivity index (χ4v) is 0.420. The maximum atomic E-state index is 9.84. The number of nitrogens with one attached hydrogen (secondary N) is 3. The SMILES string of the molecule is N=C(NCC(=O)O)NP=O. The van der Waals surface area contributed by atoms with Gasteiger partial charge in [0.25, 0.3) is 8.61 Å². The molecular weight excluding hydrogens is 157 g/mol. The highest BCUT2D eigenvalue weighted by atomic mass is 31.1. The van der Waals surface area contributed by atoms with Gasteiger partial charge in [0.15, 0.2) is 5.96 Å². The molecule has 0 aromatic carbocycles. The summed E-state index contributed by atoms with van der Waals surface area (Å²) in [4.78, 5) is 9.84. The van der Waals surface area contributed by atoms with Crippen LogP contribution in [0.2, 0.25) is 0 Å². The summed E-state index contributed by atoms with van der Waals surface area (Å²) in [6, 6.07) is 0. The molecule has 0 atom stereocenters. The van der Waals surface area contributed by atoms with Gasteiger partial charge in [-0.25, -0.2) is 4.57 Å². The van der Waals surface area contributed by atoms with Crippen LogP contribution < -0.4 is 10.4 Å². The van der Waals surface area contributed by atoms with Gasteiger partial charge in [-0.15, -0.1) is 0 Å². The van der Waals surface area contributed by atoms with Crippen LogP contribution in [0.4, 0.5) is 0 Å². The molecule has 0 unspecified atom stereocenters. The van der Waals surface area contributed by atoms with Crippen LogP contribution in [0.1, 0.15) is 0 Å². The van der Waals surface area contributed by atoms with E-state index >= 15 is 0 Å². The zero-order valence-corrected chi connectivity index (χ0v) is 5.81. The quantitative estimate of drug-likeness (QED) is 0.252. The molecule has 0 bridgehead atoms. The first-order valence-corrected chi connectivity index (χ1v) is 3.10. The molecule has 6 nitrogen and oxygen atoms in total. The minimum Gasteiger partial charge on any atom is -0.480 e. The van der Waals surface area contributed by atoms with E-state index in [-0.39, 0.29) is 12.5 Å². The standard InChI is InChI=1S/C3H6N3O3P/c4-3(6-10-9)5-1-2(7)8/h1H2,(H,7,8)(H3,4,5,6,9). The van der Waals surface area contributed by atoms with Crippen molar-refractivity contribution in [3.05, 3.63) is 0 Å². The predicted octanol–water partition coefficient (Wildman–Crippen LogP) is -0.608. The van der Waals surface area contributed by atoms with Crippen LogP contribution in [0.5, 0.6) is 0 Å². The Labute approximate surface area is 58.4 Å². The van der Waals surface area contributed by atoms with E-state index in [1.807, 2.05) is 5.09 Å². The van der Waals surface area contributed by atoms with Crippen LogP contribution in [0, 0.1) is 5.41 Å². The van der Waals surface area contributed by atoms with Crippen LogP contribution in [-0.2, 0) is 9.36 Å². The fraction of sp³-hybridized carbons (Fsp3) is 0.333. The summed E-state index contributed by atoms with van der Waals surface area (Å²) in [6.45, 7) is -0.360. The van der Waals surface area contributed by atoms with Gasteiger partial charge in [0.2, 0.25) is 0 Å². The Hall–Kier alpha value is -1.16. The predicted molar refractivity (Wildman–Crippen MR) is 34.1 cm³/mol. The highest BCUT2D eigenvalue weighted by Crippen LogP contribution is 1.76. The minimum absolute atomic E-state index is 0.279. The zero-order valence-electron chi connectivity index (χ0n) is 4.92. The molecule has 0 saturated carbocycles. The molecule has 7 heteroatoms. The van der Waals surface area contributed by atoms with E-state index in [9.17, 15) is 9.36 Å². The number of carboxylic acids is 1. The van der Waals surface area contributed by atoms with Crippen molar-refractivity contribution in [3.8, 4) is 0 Å². The van der Waals surface area contributed by atoms with E-state index in [0.29, 0.717) is 0 Å². The van der Waals surface area contributed by atoms with Crippen molar-refractivity contribution in [2.24, 2.45) is 0 Å². The number of carboxylic acid groups (broad SMARTS) is 1. The summed E-state index contributed by atoms with van der Waals surface area (Å²) >= 11 is 0. The van der Waals surface area contributed by atoms with Crippen LogP contribution in [0.15, 0.2) is 0 Å². The van der Waals surface area contributed by atoms with Gasteiger partial charge in [-0.2, -0.15) is 0 Å². The van der Waals surface area contributed by atoms with E-state index in [1.54, 1.807) is 0 Å². The molecule has 0 aliphatic heterocycles. The molecule has 0 spiro atoms. The Bertz CT molecular complexity index is 159. The summed E-state index contributed by atoms with van der Waals surface area (Å²) in [7, 11) is -0.429. The van der Waals surface area contributed by atoms with Crippen molar-refractivity contribution >= 4 is 20.5 Å². The Morgan fingerprint density at radius 3 is 2.70 bits per heavy atom. The highest BCUT2D eigenvalue weighted by molar-refractivity contribution is 7.22. The van der Waals surface area contributed by atoms with E-state index in [1.165, 1.54) is 0 Å². The smallest absolute Gasteiger partial charge is 0.322 e. The maximum Gasteiger partial charge on any atom is 0.322 e. The highest BCUT2D eigenvalue weighted by Gasteiger charge is 1.96. The molecule has 0 amide bonds. The maximum absolute atomic E-state index is 9.84. The minimum atomic E-state index is -1.07. The lowest BCUT2D eigenvalue weighted by Gasteiger charge is -1.99. The Balaban J connectivity index is 3.39. The topological polar surface area (TPSA) is 102 Å². The normalized spacial score (nSPS) is 8.80. The largest absolute Gasteiger partial charge is 0.480 e. The molecule has 0 heterocycles. The zero-order chi connectivity index (χ0) is 7.98. The summed E-state index contributed by atoms with van der Waals surface area (Å²) in [5.41, 5.74) is 0. The molecule has 0 rings (SSSR count). The van der Waals surface area contributed by atoms with Crippen molar-refractivity contribution < 1.29 is 14.5 Å². The molecule has 0 aromatic heterocycles. The lowest BCUT2D eigenvalue weighted by Crippen LogP contribution is -2.34. The lowest BCUT2D eigenvalue weighted by atomic mass is 10.6. The van der Waals surface area contributed by atoms with E-state index in [2.05, 4.69) is 5.32 Å². The number of hydrogen-bond donors (Lipinski definition) is 4. The summed E-state index contributed by atoms with van der Waals surface area (Å²) < 4.78 is 9.72. The summed E-state index contributed by atoms with van der Waals surface area (Å²) in [5.74, 6) is -1.35. The average Bonchev–Trinajstić information content (AvgIpc) is 1.85. The number of hydrogen-bond acceptors (Lipinski definition) is 3. The van der Waals surface area contributed by atoms with Gasteiger partial charge in [-0.1, -0.05) is 0 Å². The van der Waals surface area contributed by atoms with E-state index in [4.69, 9.17) is 10.5 Å². The number of rotatable bonds is 3. The molecule has 0 fully saturated rings. The van der Waals surface area contributed by atoms with Crippen LogP contribution in [0.25, 0.3) is 0 Å². The van der Waals surface area contributed by atoms with Crippen LogP contribution in [-0.4, -0.2) is 23.6 Å². The molecule has 0 aromatic rings. The van der Waals surface area contributed by atoms with Gasteiger partial charge in [0, 0.05) is 0 Å². The second kappa shape index (κ2) is 4.69. The number of carbonyl (C=O) groups is 1. The fourth-order valence-electron chi connectivity index (χ4n) is 0.249. The summed E-state index contributed by atoms with van der Waals surface area (Å²) in [5, 5.41) is 19.0.